The van der Waals surface area contributed by atoms with Crippen molar-refractivity contribution in [3.63, 3.8) is 0 Å². The van der Waals surface area contributed by atoms with Crippen LogP contribution in [0.5, 0.6) is 23.0 Å². The van der Waals surface area contributed by atoms with Crippen molar-refractivity contribution in [1.82, 2.24) is 16.1 Å². The summed E-state index contributed by atoms with van der Waals surface area (Å²) in [5.74, 6) is -4.37. The maximum absolute atomic E-state index is 12.3. The highest BCUT2D eigenvalue weighted by Gasteiger charge is 2.23. The number of hydrogen-bond donors (Lipinski definition) is 8. The van der Waals surface area contributed by atoms with E-state index in [-0.39, 0.29) is 24.1 Å². The monoisotopic (exact) mass is 433 g/mol. The number of carbonyl (C=O) groups is 3. The van der Waals surface area contributed by atoms with E-state index in [2.05, 4.69) is 10.6 Å². The molecule has 2 aromatic rings. The van der Waals surface area contributed by atoms with Gasteiger partial charge >= 0.3 is 0 Å². The van der Waals surface area contributed by atoms with Crippen molar-refractivity contribution >= 4 is 17.7 Å². The average Bonchev–Trinajstić information content (AvgIpc) is 2.75. The highest BCUT2D eigenvalue weighted by molar-refractivity contribution is 6.00. The molecule has 166 valence electrons. The fraction of sp³-hybridized carbons (Fsp3) is 0.250. The molecule has 0 saturated heterocycles. The van der Waals surface area contributed by atoms with Gasteiger partial charge in [0.15, 0.2) is 23.0 Å². The summed E-state index contributed by atoms with van der Waals surface area (Å²) >= 11 is 0. The highest BCUT2D eigenvalue weighted by atomic mass is 16.5. The third-order valence-corrected chi connectivity index (χ3v) is 4.46. The second-order valence-corrected chi connectivity index (χ2v) is 6.60. The van der Waals surface area contributed by atoms with E-state index in [9.17, 15) is 34.8 Å². The van der Waals surface area contributed by atoms with Crippen molar-refractivity contribution in [2.24, 2.45) is 0 Å². The zero-order chi connectivity index (χ0) is 23.0. The molecule has 1 atom stereocenters. The van der Waals surface area contributed by atoms with Crippen molar-refractivity contribution in [3.05, 3.63) is 47.5 Å². The molecule has 0 aliphatic rings. The summed E-state index contributed by atoms with van der Waals surface area (Å²) in [6.07, 6.45) is 0.857. The van der Waals surface area contributed by atoms with Gasteiger partial charge in [0, 0.05) is 6.54 Å². The molecular weight excluding hydrogens is 410 g/mol. The molecule has 0 aliphatic heterocycles. The van der Waals surface area contributed by atoms with E-state index >= 15 is 0 Å². The smallest absolute Gasteiger partial charge is 0.265 e. The molecule has 3 amide bonds. The molecule has 2 aromatic carbocycles. The van der Waals surface area contributed by atoms with Gasteiger partial charge in [-0.05, 0) is 43.5 Å². The summed E-state index contributed by atoms with van der Waals surface area (Å²) < 4.78 is 0. The first-order valence-corrected chi connectivity index (χ1v) is 9.31. The molecule has 0 aliphatic carbocycles. The predicted octanol–water partition coefficient (Wildman–Crippen LogP) is 0.713. The second kappa shape index (κ2) is 10.7. The predicted molar refractivity (Wildman–Crippen MR) is 107 cm³/mol. The fourth-order valence-electron chi connectivity index (χ4n) is 2.78. The Hall–Kier alpha value is -3.99. The number of phenolic OH excluding ortho intramolecular Hbond substituents is 4. The van der Waals surface area contributed by atoms with Crippen LogP contribution in [-0.2, 0) is 4.79 Å². The van der Waals surface area contributed by atoms with E-state index in [1.165, 1.54) is 41.9 Å². The van der Waals surface area contributed by atoms with E-state index in [0.717, 1.165) is 0 Å². The Bertz CT molecular complexity index is 963. The lowest BCUT2D eigenvalue weighted by molar-refractivity contribution is -0.131. The van der Waals surface area contributed by atoms with Gasteiger partial charge < -0.3 is 31.1 Å². The quantitative estimate of drug-likeness (QED) is 0.123. The molecule has 11 heteroatoms. The number of aromatic hydroxyl groups is 4. The Morgan fingerprint density at radius 3 is 1.90 bits per heavy atom. The Kier molecular flexibility index (Phi) is 8.03. The van der Waals surface area contributed by atoms with E-state index < -0.39 is 46.8 Å². The molecule has 2 rings (SSSR count). The molecule has 0 fully saturated rings. The number of hydrogen-bond acceptors (Lipinski definition) is 8. The minimum atomic E-state index is -1.13. The van der Waals surface area contributed by atoms with Crippen LogP contribution < -0.4 is 16.1 Å². The van der Waals surface area contributed by atoms with Gasteiger partial charge in [-0.3, -0.25) is 19.6 Å². The number of phenols is 4. The zero-order valence-corrected chi connectivity index (χ0v) is 16.3. The van der Waals surface area contributed by atoms with Crippen LogP contribution in [0.1, 0.15) is 40.0 Å². The number of benzene rings is 2. The number of hydroxylamine groups is 1. The minimum Gasteiger partial charge on any atom is -0.504 e. The lowest BCUT2D eigenvalue weighted by Crippen LogP contribution is -2.45. The third kappa shape index (κ3) is 6.00. The molecule has 0 radical (unpaired) electrons. The number of unbranched alkanes of at least 4 members (excludes halogenated alkanes) is 1. The van der Waals surface area contributed by atoms with Gasteiger partial charge in [-0.1, -0.05) is 12.1 Å². The summed E-state index contributed by atoms with van der Waals surface area (Å²) in [5, 5.41) is 52.2. The van der Waals surface area contributed by atoms with Crippen LogP contribution in [0.2, 0.25) is 0 Å². The Balaban J connectivity index is 1.87. The molecule has 8 N–H and O–H groups in total. The number of nitrogens with one attached hydrogen (secondary N) is 3. The van der Waals surface area contributed by atoms with Gasteiger partial charge in [0.2, 0.25) is 0 Å². The van der Waals surface area contributed by atoms with Gasteiger partial charge in [-0.2, -0.15) is 0 Å². The first-order chi connectivity index (χ1) is 14.8. The van der Waals surface area contributed by atoms with Crippen LogP contribution >= 0.6 is 0 Å². The van der Waals surface area contributed by atoms with Crippen LogP contribution in [0, 0.1) is 0 Å². The van der Waals surface area contributed by atoms with Crippen molar-refractivity contribution in [3.8, 4) is 23.0 Å². The zero-order valence-electron chi connectivity index (χ0n) is 16.3. The van der Waals surface area contributed by atoms with Crippen LogP contribution in [0.3, 0.4) is 0 Å². The summed E-state index contributed by atoms with van der Waals surface area (Å²) in [6, 6.07) is 6.65. The van der Waals surface area contributed by atoms with Gasteiger partial charge in [-0.15, -0.1) is 0 Å². The Morgan fingerprint density at radius 1 is 0.806 bits per heavy atom. The van der Waals surface area contributed by atoms with Gasteiger partial charge in [0.25, 0.3) is 17.7 Å². The minimum absolute atomic E-state index is 0.0873. The maximum atomic E-state index is 12.3. The van der Waals surface area contributed by atoms with Crippen molar-refractivity contribution < 1.29 is 40.0 Å². The summed E-state index contributed by atoms with van der Waals surface area (Å²) in [7, 11) is 0. The van der Waals surface area contributed by atoms with Crippen LogP contribution in [-0.4, -0.2) is 55.9 Å². The molecule has 11 nitrogen and oxygen atoms in total. The average molecular weight is 433 g/mol. The maximum Gasteiger partial charge on any atom is 0.265 e. The number of amides is 3. The summed E-state index contributed by atoms with van der Waals surface area (Å²) in [6.45, 7) is 0.183. The van der Waals surface area contributed by atoms with Crippen LogP contribution in [0.15, 0.2) is 36.4 Å². The third-order valence-electron chi connectivity index (χ3n) is 4.46. The lowest BCUT2D eigenvalue weighted by Gasteiger charge is -2.17. The van der Waals surface area contributed by atoms with Gasteiger partial charge in [0.1, 0.15) is 6.04 Å². The largest absolute Gasteiger partial charge is 0.504 e. The summed E-state index contributed by atoms with van der Waals surface area (Å²) in [5.41, 5.74) is 1.12. The number of para-hydroxylation sites is 2. The first-order valence-electron chi connectivity index (χ1n) is 9.31. The van der Waals surface area contributed by atoms with Crippen molar-refractivity contribution in [2.45, 2.75) is 25.3 Å². The first kappa shape index (κ1) is 23.3. The molecule has 0 spiro atoms. The number of carbonyl (C=O) groups excluding carboxylic acids is 3. The van der Waals surface area contributed by atoms with Gasteiger partial charge in [-0.25, -0.2) is 5.48 Å². The molecule has 0 bridgehead atoms. The molecule has 31 heavy (non-hydrogen) atoms. The molecular formula is C20H23N3O8. The summed E-state index contributed by atoms with van der Waals surface area (Å²) in [4.78, 5) is 36.2. The molecule has 0 heterocycles. The topological polar surface area (TPSA) is 188 Å². The van der Waals surface area contributed by atoms with E-state index in [0.29, 0.717) is 12.8 Å². The van der Waals surface area contributed by atoms with Crippen LogP contribution in [0.4, 0.5) is 0 Å². The molecule has 0 unspecified atom stereocenters. The SMILES string of the molecule is O=C(NCCCC[C@H](NC(=O)c1cccc(O)c1O)C(=O)NO)c1cccc(O)c1O. The molecule has 0 aromatic heterocycles. The Labute approximate surface area is 176 Å². The Morgan fingerprint density at radius 2 is 1.35 bits per heavy atom. The van der Waals surface area contributed by atoms with Crippen molar-refractivity contribution in [2.75, 3.05) is 6.54 Å². The van der Waals surface area contributed by atoms with Crippen LogP contribution in [0.25, 0.3) is 0 Å². The van der Waals surface area contributed by atoms with E-state index in [4.69, 9.17) is 5.21 Å². The second-order valence-electron chi connectivity index (χ2n) is 6.60. The standard InChI is InChI=1S/C20H23N3O8/c24-14-8-3-5-11(16(14)26)18(28)21-10-2-1-7-13(20(30)23-31)22-19(29)12-6-4-9-15(25)17(12)27/h3-6,8-9,13,24-27,31H,1-2,7,10H2,(H,21,28)(H,22,29)(H,23,30)/t13-/m0/s1. The van der Waals surface area contributed by atoms with Crippen molar-refractivity contribution in [1.29, 1.82) is 0 Å². The number of rotatable bonds is 9. The van der Waals surface area contributed by atoms with E-state index in [1.807, 2.05) is 0 Å². The van der Waals surface area contributed by atoms with E-state index in [1.54, 1.807) is 0 Å². The normalized spacial score (nSPS) is 11.4. The van der Waals surface area contributed by atoms with Gasteiger partial charge in [0.05, 0.1) is 11.1 Å². The fourth-order valence-corrected chi connectivity index (χ4v) is 2.78. The molecule has 0 saturated carbocycles. The highest BCUT2D eigenvalue weighted by Crippen LogP contribution is 2.28. The lowest BCUT2D eigenvalue weighted by atomic mass is 10.1.